The third-order valence-corrected chi connectivity index (χ3v) is 6.38. The van der Waals surface area contributed by atoms with E-state index >= 15 is 0 Å². The molecule has 1 aliphatic heterocycles. The summed E-state index contributed by atoms with van der Waals surface area (Å²) in [6.45, 7) is 2.62. The molecule has 0 spiro atoms. The van der Waals surface area contributed by atoms with Gasteiger partial charge in [-0.2, -0.15) is 9.47 Å². The van der Waals surface area contributed by atoms with Crippen LogP contribution in [0.4, 0.5) is 5.13 Å². The van der Waals surface area contributed by atoms with Gasteiger partial charge in [-0.3, -0.25) is 4.79 Å². The molecule has 0 bridgehead atoms. The Labute approximate surface area is 144 Å². The van der Waals surface area contributed by atoms with E-state index in [-0.39, 0.29) is 5.56 Å². The van der Waals surface area contributed by atoms with Gasteiger partial charge in [0.05, 0.1) is 12.2 Å². The molecule has 2 aromatic rings. The molecule has 3 aliphatic rings. The fraction of sp³-hybridized carbons (Fsp3) is 0.647. The largest absolute Gasteiger partial charge is 0.346 e. The first kappa shape index (κ1) is 14.6. The Balaban J connectivity index is 1.22. The fourth-order valence-electron chi connectivity index (χ4n) is 3.84. The quantitative estimate of drug-likeness (QED) is 0.849. The summed E-state index contributed by atoms with van der Waals surface area (Å²) in [7, 11) is 0. The number of nitrogens with zero attached hydrogens (tertiary/aromatic N) is 5. The van der Waals surface area contributed by atoms with Gasteiger partial charge in [-0.25, -0.2) is 9.67 Å². The molecule has 5 rings (SSSR count). The van der Waals surface area contributed by atoms with Crippen LogP contribution in [0.25, 0.3) is 0 Å². The van der Waals surface area contributed by atoms with E-state index in [1.807, 2.05) is 0 Å². The van der Waals surface area contributed by atoms with E-state index in [4.69, 9.17) is 4.98 Å². The Hall–Kier alpha value is -1.76. The van der Waals surface area contributed by atoms with Crippen LogP contribution in [0.15, 0.2) is 10.9 Å². The Morgan fingerprint density at radius 3 is 2.88 bits per heavy atom. The van der Waals surface area contributed by atoms with Gasteiger partial charge in [0.1, 0.15) is 5.82 Å². The van der Waals surface area contributed by atoms with Crippen molar-refractivity contribution in [1.29, 1.82) is 0 Å². The van der Waals surface area contributed by atoms with Gasteiger partial charge < -0.3 is 4.90 Å². The maximum absolute atomic E-state index is 12.2. The van der Waals surface area contributed by atoms with Gasteiger partial charge in [0.15, 0.2) is 0 Å². The molecule has 3 heterocycles. The Kier molecular flexibility index (Phi) is 3.43. The van der Waals surface area contributed by atoms with Crippen molar-refractivity contribution >= 4 is 16.7 Å². The SMILES string of the molecule is O=c1cc2c(nn1CC1CN(c3nc(C4CCC4)ns3)C1)CCC2. The molecule has 2 aromatic heterocycles. The molecule has 0 unspecified atom stereocenters. The van der Waals surface area contributed by atoms with E-state index < -0.39 is 0 Å². The van der Waals surface area contributed by atoms with Crippen molar-refractivity contribution in [3.05, 3.63) is 33.5 Å². The summed E-state index contributed by atoms with van der Waals surface area (Å²) < 4.78 is 6.20. The van der Waals surface area contributed by atoms with Crippen LogP contribution in [0.1, 0.15) is 48.7 Å². The molecule has 0 atom stereocenters. The summed E-state index contributed by atoms with van der Waals surface area (Å²) in [6, 6.07) is 1.79. The molecule has 0 aromatic carbocycles. The molecular weight excluding hydrogens is 322 g/mol. The Bertz CT molecular complexity index is 819. The highest BCUT2D eigenvalue weighted by Crippen LogP contribution is 2.37. The molecule has 6 nitrogen and oxygen atoms in total. The molecule has 0 radical (unpaired) electrons. The van der Waals surface area contributed by atoms with Crippen molar-refractivity contribution in [1.82, 2.24) is 19.1 Å². The number of hydrogen-bond donors (Lipinski definition) is 0. The summed E-state index contributed by atoms with van der Waals surface area (Å²) in [5.41, 5.74) is 2.33. The minimum atomic E-state index is 0.0530. The smallest absolute Gasteiger partial charge is 0.267 e. The maximum atomic E-state index is 12.2. The lowest BCUT2D eigenvalue weighted by molar-refractivity contribution is 0.332. The predicted octanol–water partition coefficient (Wildman–Crippen LogP) is 1.99. The van der Waals surface area contributed by atoms with Gasteiger partial charge in [0.25, 0.3) is 5.56 Å². The summed E-state index contributed by atoms with van der Waals surface area (Å²) in [6.07, 6.45) is 6.95. The first-order valence-electron chi connectivity index (χ1n) is 8.95. The van der Waals surface area contributed by atoms with Crippen LogP contribution in [-0.4, -0.2) is 32.2 Å². The molecule has 126 valence electrons. The van der Waals surface area contributed by atoms with Gasteiger partial charge in [0.2, 0.25) is 5.13 Å². The van der Waals surface area contributed by atoms with Crippen molar-refractivity contribution in [2.45, 2.75) is 51.0 Å². The second kappa shape index (κ2) is 5.65. The minimum absolute atomic E-state index is 0.0530. The number of aromatic nitrogens is 4. The average Bonchev–Trinajstić information content (AvgIpc) is 3.09. The molecule has 2 aliphatic carbocycles. The number of aryl methyl sites for hydroxylation is 2. The summed E-state index contributed by atoms with van der Waals surface area (Å²) >= 11 is 1.52. The van der Waals surface area contributed by atoms with Crippen molar-refractivity contribution in [3.63, 3.8) is 0 Å². The van der Waals surface area contributed by atoms with Crippen molar-refractivity contribution in [2.75, 3.05) is 18.0 Å². The highest BCUT2D eigenvalue weighted by molar-refractivity contribution is 7.09. The number of hydrogen-bond acceptors (Lipinski definition) is 6. The van der Waals surface area contributed by atoms with Crippen LogP contribution in [0, 0.1) is 5.92 Å². The molecule has 7 heteroatoms. The lowest BCUT2D eigenvalue weighted by Gasteiger charge is -2.38. The van der Waals surface area contributed by atoms with E-state index in [1.165, 1.54) is 30.8 Å². The average molecular weight is 343 g/mol. The van der Waals surface area contributed by atoms with Gasteiger partial charge in [-0.15, -0.1) is 0 Å². The summed E-state index contributed by atoms with van der Waals surface area (Å²) in [4.78, 5) is 19.2. The van der Waals surface area contributed by atoms with E-state index in [0.717, 1.165) is 61.1 Å². The van der Waals surface area contributed by atoms with Crippen LogP contribution in [0.5, 0.6) is 0 Å². The van der Waals surface area contributed by atoms with Gasteiger partial charge in [0, 0.05) is 42.5 Å². The van der Waals surface area contributed by atoms with E-state index in [9.17, 15) is 4.79 Å². The monoisotopic (exact) mass is 343 g/mol. The third-order valence-electron chi connectivity index (χ3n) is 5.58. The number of anilines is 1. The van der Waals surface area contributed by atoms with E-state index in [1.54, 1.807) is 10.7 Å². The fourth-order valence-corrected chi connectivity index (χ4v) is 4.61. The van der Waals surface area contributed by atoms with Crippen LogP contribution < -0.4 is 10.5 Å². The van der Waals surface area contributed by atoms with Crippen LogP contribution in [-0.2, 0) is 19.4 Å². The van der Waals surface area contributed by atoms with E-state index in [2.05, 4.69) is 14.4 Å². The van der Waals surface area contributed by atoms with Crippen LogP contribution >= 0.6 is 11.5 Å². The predicted molar refractivity (Wildman–Crippen MR) is 92.7 cm³/mol. The standard InChI is InChI=1S/C17H21N5OS/c23-15-7-13-5-2-6-14(13)19-22(15)10-11-8-21(9-11)17-18-16(20-24-17)12-3-1-4-12/h7,11-12H,1-6,8-10H2. The van der Waals surface area contributed by atoms with Crippen LogP contribution in [0.3, 0.4) is 0 Å². The van der Waals surface area contributed by atoms with Gasteiger partial charge >= 0.3 is 0 Å². The molecule has 0 amide bonds. The highest BCUT2D eigenvalue weighted by atomic mass is 32.1. The first-order valence-corrected chi connectivity index (χ1v) is 9.72. The Morgan fingerprint density at radius 1 is 1.21 bits per heavy atom. The van der Waals surface area contributed by atoms with E-state index in [0.29, 0.717) is 11.8 Å². The third kappa shape index (κ3) is 2.46. The normalized spacial score (nSPS) is 20.8. The molecular formula is C17H21N5OS. The number of rotatable bonds is 4. The molecule has 2 fully saturated rings. The zero-order chi connectivity index (χ0) is 16.1. The molecule has 1 saturated carbocycles. The number of fused-ring (bicyclic) bond motifs is 1. The first-order chi connectivity index (χ1) is 11.8. The molecule has 24 heavy (non-hydrogen) atoms. The summed E-state index contributed by atoms with van der Waals surface area (Å²) in [5, 5.41) is 5.62. The van der Waals surface area contributed by atoms with Gasteiger partial charge in [-0.1, -0.05) is 6.42 Å². The van der Waals surface area contributed by atoms with Crippen LogP contribution in [0.2, 0.25) is 0 Å². The lowest BCUT2D eigenvalue weighted by Crippen LogP contribution is -2.49. The zero-order valence-corrected chi connectivity index (χ0v) is 14.5. The van der Waals surface area contributed by atoms with Crippen molar-refractivity contribution in [3.8, 4) is 0 Å². The second-order valence-corrected chi connectivity index (χ2v) is 8.05. The summed E-state index contributed by atoms with van der Waals surface area (Å²) in [5.74, 6) is 2.12. The highest BCUT2D eigenvalue weighted by Gasteiger charge is 2.32. The topological polar surface area (TPSA) is 63.9 Å². The molecule has 1 saturated heterocycles. The Morgan fingerprint density at radius 2 is 2.08 bits per heavy atom. The van der Waals surface area contributed by atoms with Crippen molar-refractivity contribution in [2.24, 2.45) is 5.92 Å². The lowest BCUT2D eigenvalue weighted by atomic mass is 9.85. The maximum Gasteiger partial charge on any atom is 0.267 e. The minimum Gasteiger partial charge on any atom is -0.346 e. The zero-order valence-electron chi connectivity index (χ0n) is 13.6. The van der Waals surface area contributed by atoms with Crippen molar-refractivity contribution < 1.29 is 0 Å². The molecule has 0 N–H and O–H groups in total. The van der Waals surface area contributed by atoms with Gasteiger partial charge in [-0.05, 0) is 37.7 Å². The second-order valence-electron chi connectivity index (χ2n) is 7.32.